The van der Waals surface area contributed by atoms with Crippen LogP contribution in [-0.2, 0) is 0 Å². The molecule has 0 radical (unpaired) electrons. The van der Waals surface area contributed by atoms with Crippen LogP contribution in [0.25, 0.3) is 0 Å². The van der Waals surface area contributed by atoms with E-state index in [-0.39, 0.29) is 5.91 Å². The van der Waals surface area contributed by atoms with Crippen molar-refractivity contribution in [1.29, 1.82) is 0 Å². The monoisotopic (exact) mass is 351 g/mol. The summed E-state index contributed by atoms with van der Waals surface area (Å²) >= 11 is 0. The minimum absolute atomic E-state index is 0.129. The molecule has 26 heavy (non-hydrogen) atoms. The van der Waals surface area contributed by atoms with Gasteiger partial charge in [-0.25, -0.2) is 0 Å². The quantitative estimate of drug-likeness (QED) is 0.793. The van der Waals surface area contributed by atoms with Gasteiger partial charge in [-0.05, 0) is 61.9 Å². The zero-order chi connectivity index (χ0) is 18.8. The lowest BCUT2D eigenvalue weighted by molar-refractivity contribution is 0.102. The first-order valence-corrected chi connectivity index (χ1v) is 9.36. The number of hydrogen-bond donors (Lipinski definition) is 2. The molecule has 3 N–H and O–H groups in total. The highest BCUT2D eigenvalue weighted by molar-refractivity contribution is 6.06. The molecule has 2 atom stereocenters. The van der Waals surface area contributed by atoms with E-state index in [1.807, 2.05) is 43.3 Å². The molecular weight excluding hydrogens is 322 g/mol. The van der Waals surface area contributed by atoms with Gasteiger partial charge in [-0.15, -0.1) is 0 Å². The van der Waals surface area contributed by atoms with Gasteiger partial charge in [-0.3, -0.25) is 4.79 Å². The maximum atomic E-state index is 12.6. The van der Waals surface area contributed by atoms with Gasteiger partial charge in [0, 0.05) is 24.3 Å². The van der Waals surface area contributed by atoms with Crippen molar-refractivity contribution in [1.82, 2.24) is 0 Å². The molecule has 4 nitrogen and oxygen atoms in total. The fraction of sp³-hybridized carbons (Fsp3) is 0.409. The summed E-state index contributed by atoms with van der Waals surface area (Å²) < 4.78 is 0. The van der Waals surface area contributed by atoms with Crippen LogP contribution in [0.1, 0.15) is 41.8 Å². The van der Waals surface area contributed by atoms with Gasteiger partial charge < -0.3 is 16.0 Å². The third kappa shape index (κ3) is 4.01. The molecule has 1 aliphatic rings. The van der Waals surface area contributed by atoms with Crippen molar-refractivity contribution in [3.8, 4) is 0 Å². The average Bonchev–Trinajstić information content (AvgIpc) is 2.56. The van der Waals surface area contributed by atoms with Gasteiger partial charge in [-0.2, -0.15) is 0 Å². The number of carbonyl (C=O) groups excluding carboxylic acids is 1. The van der Waals surface area contributed by atoms with E-state index in [1.54, 1.807) is 0 Å². The Morgan fingerprint density at radius 1 is 1.12 bits per heavy atom. The van der Waals surface area contributed by atoms with Gasteiger partial charge in [-0.1, -0.05) is 31.5 Å². The van der Waals surface area contributed by atoms with E-state index in [4.69, 9.17) is 5.73 Å². The van der Waals surface area contributed by atoms with Crippen molar-refractivity contribution < 1.29 is 4.79 Å². The molecule has 1 amide bonds. The predicted molar refractivity (Wildman–Crippen MR) is 110 cm³/mol. The molecule has 1 saturated heterocycles. The number of aryl methyl sites for hydroxylation is 2. The number of benzene rings is 2. The third-order valence-corrected chi connectivity index (χ3v) is 5.11. The molecule has 2 aromatic rings. The van der Waals surface area contributed by atoms with Gasteiger partial charge in [0.1, 0.15) is 0 Å². The van der Waals surface area contributed by atoms with Gasteiger partial charge in [0.05, 0.1) is 11.4 Å². The number of amides is 1. The van der Waals surface area contributed by atoms with Crippen molar-refractivity contribution in [3.05, 3.63) is 53.1 Å². The van der Waals surface area contributed by atoms with Crippen molar-refractivity contribution in [2.75, 3.05) is 29.0 Å². The highest BCUT2D eigenvalue weighted by Gasteiger charge is 2.24. The topological polar surface area (TPSA) is 58.4 Å². The maximum absolute atomic E-state index is 12.6. The van der Waals surface area contributed by atoms with Crippen LogP contribution in [0.3, 0.4) is 0 Å². The Labute approximate surface area is 156 Å². The lowest BCUT2D eigenvalue weighted by Gasteiger charge is -2.37. The molecule has 0 bridgehead atoms. The van der Waals surface area contributed by atoms with Crippen LogP contribution < -0.4 is 16.0 Å². The third-order valence-electron chi connectivity index (χ3n) is 5.11. The fourth-order valence-electron chi connectivity index (χ4n) is 4.01. The minimum atomic E-state index is -0.129. The summed E-state index contributed by atoms with van der Waals surface area (Å²) in [6, 6.07) is 11.6. The van der Waals surface area contributed by atoms with E-state index in [0.717, 1.165) is 29.9 Å². The molecule has 1 aliphatic heterocycles. The molecule has 2 aromatic carbocycles. The van der Waals surface area contributed by atoms with Gasteiger partial charge in [0.15, 0.2) is 0 Å². The van der Waals surface area contributed by atoms with Crippen molar-refractivity contribution in [3.63, 3.8) is 0 Å². The van der Waals surface area contributed by atoms with Crippen molar-refractivity contribution >= 4 is 23.0 Å². The van der Waals surface area contributed by atoms with Crippen LogP contribution in [-0.4, -0.2) is 19.0 Å². The summed E-state index contributed by atoms with van der Waals surface area (Å²) in [6.45, 7) is 10.8. The first kappa shape index (κ1) is 18.3. The summed E-state index contributed by atoms with van der Waals surface area (Å²) in [6.07, 6.45) is 1.27. The Morgan fingerprint density at radius 2 is 1.81 bits per heavy atom. The lowest BCUT2D eigenvalue weighted by Crippen LogP contribution is -2.39. The van der Waals surface area contributed by atoms with E-state index in [2.05, 4.69) is 31.0 Å². The van der Waals surface area contributed by atoms with Crippen LogP contribution in [0.5, 0.6) is 0 Å². The molecule has 0 aliphatic carbocycles. The second-order valence-corrected chi connectivity index (χ2v) is 7.90. The maximum Gasteiger partial charge on any atom is 0.255 e. The Morgan fingerprint density at radius 3 is 2.46 bits per heavy atom. The first-order valence-electron chi connectivity index (χ1n) is 9.36. The number of nitrogens with zero attached hydrogens (tertiary/aromatic N) is 1. The zero-order valence-electron chi connectivity index (χ0n) is 16.2. The lowest BCUT2D eigenvalue weighted by atomic mass is 9.91. The number of piperidine rings is 1. The second-order valence-electron chi connectivity index (χ2n) is 7.90. The van der Waals surface area contributed by atoms with Crippen molar-refractivity contribution in [2.45, 2.75) is 34.1 Å². The number of nitrogen functional groups attached to an aromatic ring is 1. The molecule has 0 saturated carbocycles. The standard InChI is InChI=1S/C22H29N3O/c1-14-6-5-7-18(9-14)22(26)24-20-11-21(17(4)10-19(20)23)25-12-15(2)8-16(3)13-25/h5-7,9-11,15-16H,8,12-13,23H2,1-4H3,(H,24,26). The summed E-state index contributed by atoms with van der Waals surface area (Å²) in [5.74, 6) is 1.21. The van der Waals surface area contributed by atoms with E-state index < -0.39 is 0 Å². The summed E-state index contributed by atoms with van der Waals surface area (Å²) in [5, 5.41) is 2.99. The first-order chi connectivity index (χ1) is 12.3. The average molecular weight is 351 g/mol. The molecule has 0 spiro atoms. The Hall–Kier alpha value is -2.49. The van der Waals surface area contributed by atoms with E-state index >= 15 is 0 Å². The summed E-state index contributed by atoms with van der Waals surface area (Å²) in [5.41, 5.74) is 11.5. The summed E-state index contributed by atoms with van der Waals surface area (Å²) in [7, 11) is 0. The second kappa shape index (κ2) is 7.40. The van der Waals surface area contributed by atoms with Crippen LogP contribution in [0, 0.1) is 25.7 Å². The Kier molecular flexibility index (Phi) is 5.21. The minimum Gasteiger partial charge on any atom is -0.397 e. The normalized spacial score (nSPS) is 20.1. The largest absolute Gasteiger partial charge is 0.397 e. The van der Waals surface area contributed by atoms with Crippen LogP contribution in [0.2, 0.25) is 0 Å². The smallest absolute Gasteiger partial charge is 0.255 e. The van der Waals surface area contributed by atoms with Crippen LogP contribution in [0.15, 0.2) is 36.4 Å². The summed E-state index contributed by atoms with van der Waals surface area (Å²) in [4.78, 5) is 15.0. The highest BCUT2D eigenvalue weighted by atomic mass is 16.1. The number of nitrogens with one attached hydrogen (secondary N) is 1. The Bertz CT molecular complexity index is 805. The molecule has 3 rings (SSSR count). The van der Waals surface area contributed by atoms with Gasteiger partial charge in [0.2, 0.25) is 0 Å². The van der Waals surface area contributed by atoms with E-state index in [0.29, 0.717) is 28.8 Å². The molecule has 1 heterocycles. The number of nitrogens with two attached hydrogens (primary N) is 1. The highest BCUT2D eigenvalue weighted by Crippen LogP contribution is 2.33. The molecule has 2 unspecified atom stereocenters. The van der Waals surface area contributed by atoms with Gasteiger partial charge >= 0.3 is 0 Å². The predicted octanol–water partition coefficient (Wildman–Crippen LogP) is 4.62. The van der Waals surface area contributed by atoms with Crippen molar-refractivity contribution in [2.24, 2.45) is 11.8 Å². The molecular formula is C22H29N3O. The molecule has 138 valence electrons. The van der Waals surface area contributed by atoms with Gasteiger partial charge in [0.25, 0.3) is 5.91 Å². The molecule has 1 fully saturated rings. The number of anilines is 3. The van der Waals surface area contributed by atoms with E-state index in [1.165, 1.54) is 6.42 Å². The van der Waals surface area contributed by atoms with E-state index in [9.17, 15) is 4.79 Å². The fourth-order valence-corrected chi connectivity index (χ4v) is 4.01. The number of rotatable bonds is 3. The molecule has 0 aromatic heterocycles. The SMILES string of the molecule is Cc1cccc(C(=O)Nc2cc(N3CC(C)CC(C)C3)c(C)cc2N)c1. The Balaban J connectivity index is 1.87. The number of hydrogen-bond acceptors (Lipinski definition) is 3. The zero-order valence-corrected chi connectivity index (χ0v) is 16.2. The van der Waals surface area contributed by atoms with Crippen LogP contribution in [0.4, 0.5) is 17.1 Å². The number of carbonyl (C=O) groups is 1. The van der Waals surface area contributed by atoms with Crippen LogP contribution >= 0.6 is 0 Å². The molecule has 4 heteroatoms.